The number of benzene rings is 3. The summed E-state index contributed by atoms with van der Waals surface area (Å²) in [7, 11) is 1.58. The molecule has 3 aromatic carbocycles. The number of methoxy groups -OCH3 is 1. The SMILES string of the molecule is COCCCN1C(=O)C(=O)C(=C(O)c2ccc(OCc3cccc(C)c3)cc2)C1c1cccc(Cl)c1. The lowest BCUT2D eigenvalue weighted by Gasteiger charge is -2.25. The summed E-state index contributed by atoms with van der Waals surface area (Å²) in [4.78, 5) is 27.5. The number of hydrogen-bond donors (Lipinski definition) is 1. The number of amides is 1. The van der Waals surface area contributed by atoms with Crippen molar-refractivity contribution in [2.45, 2.75) is 26.0 Å². The summed E-state index contributed by atoms with van der Waals surface area (Å²) < 4.78 is 11.0. The van der Waals surface area contributed by atoms with Gasteiger partial charge in [0.05, 0.1) is 11.6 Å². The van der Waals surface area contributed by atoms with Crippen molar-refractivity contribution >= 4 is 29.1 Å². The Hall–Kier alpha value is -3.61. The molecule has 4 rings (SSSR count). The molecule has 1 heterocycles. The lowest BCUT2D eigenvalue weighted by Crippen LogP contribution is -2.31. The quantitative estimate of drug-likeness (QED) is 0.175. The molecular formula is C29H28ClNO5. The Balaban J connectivity index is 1.63. The number of rotatable bonds is 9. The van der Waals surface area contributed by atoms with Gasteiger partial charge in [0.25, 0.3) is 11.7 Å². The van der Waals surface area contributed by atoms with Gasteiger partial charge in [0.15, 0.2) is 0 Å². The third-order valence-corrected chi connectivity index (χ3v) is 6.30. The van der Waals surface area contributed by atoms with Crippen molar-refractivity contribution in [3.63, 3.8) is 0 Å². The summed E-state index contributed by atoms with van der Waals surface area (Å²) in [6, 6.07) is 21.1. The smallest absolute Gasteiger partial charge is 0.295 e. The van der Waals surface area contributed by atoms with Crippen LogP contribution in [0.5, 0.6) is 5.75 Å². The zero-order valence-electron chi connectivity index (χ0n) is 20.2. The number of carbonyl (C=O) groups is 2. The maximum absolute atomic E-state index is 13.1. The second kappa shape index (κ2) is 11.4. The zero-order chi connectivity index (χ0) is 25.7. The molecule has 1 saturated heterocycles. The van der Waals surface area contributed by atoms with Crippen LogP contribution in [-0.2, 0) is 20.9 Å². The predicted molar refractivity (Wildman–Crippen MR) is 139 cm³/mol. The molecule has 7 heteroatoms. The number of aryl methyl sites for hydroxylation is 1. The molecule has 36 heavy (non-hydrogen) atoms. The Kier molecular flexibility index (Phi) is 8.08. The number of nitrogens with zero attached hydrogens (tertiary/aromatic N) is 1. The van der Waals surface area contributed by atoms with Crippen LogP contribution in [0.4, 0.5) is 0 Å². The standard InChI is InChI=1S/C29H28ClNO5/c1-19-6-3-7-20(16-19)18-36-24-12-10-21(11-13-24)27(32)25-26(22-8-4-9-23(30)17-22)31(14-5-15-35-2)29(34)28(25)33/h3-4,6-13,16-17,26,32H,5,14-15,18H2,1-2H3. The first kappa shape index (κ1) is 25.5. The molecule has 186 valence electrons. The fourth-order valence-corrected chi connectivity index (χ4v) is 4.54. The Morgan fingerprint density at radius 3 is 2.47 bits per heavy atom. The van der Waals surface area contributed by atoms with Gasteiger partial charge in [-0.3, -0.25) is 9.59 Å². The van der Waals surface area contributed by atoms with Crippen LogP contribution >= 0.6 is 11.6 Å². The summed E-state index contributed by atoms with van der Waals surface area (Å²) in [5.74, 6) is -0.998. The average Bonchev–Trinajstić information content (AvgIpc) is 3.13. The van der Waals surface area contributed by atoms with E-state index in [9.17, 15) is 14.7 Å². The minimum absolute atomic E-state index is 0.0353. The molecule has 1 aliphatic heterocycles. The van der Waals surface area contributed by atoms with E-state index in [1.807, 2.05) is 25.1 Å². The van der Waals surface area contributed by atoms with Gasteiger partial charge >= 0.3 is 0 Å². The molecule has 0 spiro atoms. The molecule has 3 aromatic rings. The molecule has 0 bridgehead atoms. The molecule has 1 amide bonds. The summed E-state index contributed by atoms with van der Waals surface area (Å²) in [6.07, 6.45) is 0.549. The topological polar surface area (TPSA) is 76.1 Å². The fraction of sp³-hybridized carbons (Fsp3) is 0.241. The van der Waals surface area contributed by atoms with E-state index in [1.54, 1.807) is 55.6 Å². The normalized spacial score (nSPS) is 17.0. The second-order valence-electron chi connectivity index (χ2n) is 8.70. The lowest BCUT2D eigenvalue weighted by molar-refractivity contribution is -0.140. The molecule has 1 unspecified atom stereocenters. The van der Waals surface area contributed by atoms with E-state index < -0.39 is 17.7 Å². The molecule has 6 nitrogen and oxygen atoms in total. The van der Waals surface area contributed by atoms with Crippen LogP contribution in [0.3, 0.4) is 0 Å². The number of ketones is 1. The molecule has 1 fully saturated rings. The molecule has 0 aromatic heterocycles. The van der Waals surface area contributed by atoms with E-state index in [-0.39, 0.29) is 11.3 Å². The van der Waals surface area contributed by atoms with Crippen molar-refractivity contribution in [3.8, 4) is 5.75 Å². The largest absolute Gasteiger partial charge is 0.507 e. The van der Waals surface area contributed by atoms with Gasteiger partial charge in [0, 0.05) is 30.8 Å². The molecule has 1 N–H and O–H groups in total. The number of likely N-dealkylation sites (tertiary alicyclic amines) is 1. The number of Topliss-reactive ketones (excluding diaryl/α,β-unsaturated/α-hetero) is 1. The molecule has 0 saturated carbocycles. The second-order valence-corrected chi connectivity index (χ2v) is 9.13. The third-order valence-electron chi connectivity index (χ3n) is 6.07. The molecule has 1 aliphatic rings. The van der Waals surface area contributed by atoms with Crippen LogP contribution in [0.25, 0.3) is 5.76 Å². The van der Waals surface area contributed by atoms with Crippen LogP contribution in [-0.4, -0.2) is 42.0 Å². The highest BCUT2D eigenvalue weighted by molar-refractivity contribution is 6.46. The third kappa shape index (κ3) is 5.61. The van der Waals surface area contributed by atoms with Gasteiger partial charge in [0.2, 0.25) is 0 Å². The minimum atomic E-state index is -0.752. The lowest BCUT2D eigenvalue weighted by atomic mass is 9.95. The first-order valence-electron chi connectivity index (χ1n) is 11.7. The zero-order valence-corrected chi connectivity index (χ0v) is 21.0. The van der Waals surface area contributed by atoms with Crippen LogP contribution in [0.1, 0.15) is 34.7 Å². The summed E-state index contributed by atoms with van der Waals surface area (Å²) in [5.41, 5.74) is 3.31. The fourth-order valence-electron chi connectivity index (χ4n) is 4.35. The minimum Gasteiger partial charge on any atom is -0.507 e. The monoisotopic (exact) mass is 505 g/mol. The average molecular weight is 506 g/mol. The Labute approximate surface area is 215 Å². The van der Waals surface area contributed by atoms with E-state index in [4.69, 9.17) is 21.1 Å². The van der Waals surface area contributed by atoms with Crippen molar-refractivity contribution in [1.82, 2.24) is 4.90 Å². The van der Waals surface area contributed by atoms with Gasteiger partial charge in [-0.1, -0.05) is 53.6 Å². The van der Waals surface area contributed by atoms with Gasteiger partial charge in [-0.25, -0.2) is 0 Å². The Morgan fingerprint density at radius 2 is 1.78 bits per heavy atom. The highest BCUT2D eigenvalue weighted by Crippen LogP contribution is 2.40. The van der Waals surface area contributed by atoms with Crippen molar-refractivity contribution in [2.24, 2.45) is 0 Å². The van der Waals surface area contributed by atoms with Crippen molar-refractivity contribution in [3.05, 3.63) is 106 Å². The van der Waals surface area contributed by atoms with E-state index in [2.05, 4.69) is 6.07 Å². The van der Waals surface area contributed by atoms with E-state index >= 15 is 0 Å². The number of carbonyl (C=O) groups excluding carboxylic acids is 2. The first-order valence-corrected chi connectivity index (χ1v) is 12.1. The van der Waals surface area contributed by atoms with Gasteiger partial charge in [0.1, 0.15) is 18.1 Å². The number of aliphatic hydroxyl groups is 1. The van der Waals surface area contributed by atoms with Gasteiger partial charge < -0.3 is 19.5 Å². The molecule has 0 radical (unpaired) electrons. The summed E-state index contributed by atoms with van der Waals surface area (Å²) >= 11 is 6.21. The highest BCUT2D eigenvalue weighted by Gasteiger charge is 2.45. The first-order chi connectivity index (χ1) is 17.4. The van der Waals surface area contributed by atoms with E-state index in [0.717, 1.165) is 11.1 Å². The van der Waals surface area contributed by atoms with Crippen molar-refractivity contribution in [2.75, 3.05) is 20.3 Å². The Bertz CT molecular complexity index is 1280. The number of halogens is 1. The van der Waals surface area contributed by atoms with Gasteiger partial charge in [-0.15, -0.1) is 0 Å². The molecule has 0 aliphatic carbocycles. The molecular weight excluding hydrogens is 478 g/mol. The molecule has 1 atom stereocenters. The van der Waals surface area contributed by atoms with Gasteiger partial charge in [-0.05, 0) is 60.9 Å². The van der Waals surface area contributed by atoms with Crippen LogP contribution < -0.4 is 4.74 Å². The summed E-state index contributed by atoms with van der Waals surface area (Å²) in [5, 5.41) is 11.7. The van der Waals surface area contributed by atoms with Crippen molar-refractivity contribution in [1.29, 1.82) is 0 Å². The number of hydrogen-bond acceptors (Lipinski definition) is 5. The summed E-state index contributed by atoms with van der Waals surface area (Å²) in [6.45, 7) is 3.18. The van der Waals surface area contributed by atoms with Crippen LogP contribution in [0.15, 0.2) is 78.4 Å². The van der Waals surface area contributed by atoms with E-state index in [0.29, 0.717) is 48.1 Å². The van der Waals surface area contributed by atoms with E-state index in [1.165, 1.54) is 4.90 Å². The number of ether oxygens (including phenoxy) is 2. The van der Waals surface area contributed by atoms with Crippen molar-refractivity contribution < 1.29 is 24.2 Å². The van der Waals surface area contributed by atoms with Gasteiger partial charge in [-0.2, -0.15) is 0 Å². The maximum Gasteiger partial charge on any atom is 0.295 e. The van der Waals surface area contributed by atoms with Crippen LogP contribution in [0, 0.1) is 6.92 Å². The van der Waals surface area contributed by atoms with Crippen LogP contribution in [0.2, 0.25) is 5.02 Å². The highest BCUT2D eigenvalue weighted by atomic mass is 35.5. The Morgan fingerprint density at radius 1 is 1.03 bits per heavy atom. The predicted octanol–water partition coefficient (Wildman–Crippen LogP) is 5.69. The number of aliphatic hydroxyl groups excluding tert-OH is 1. The maximum atomic E-state index is 13.1.